The van der Waals surface area contributed by atoms with Crippen LogP contribution < -0.4 is 0 Å². The summed E-state index contributed by atoms with van der Waals surface area (Å²) in [4.78, 5) is 12.2. The van der Waals surface area contributed by atoms with Crippen molar-refractivity contribution in [3.05, 3.63) is 36.6 Å². The minimum absolute atomic E-state index is 0.0667. The molecule has 0 aliphatic carbocycles. The maximum atomic E-state index is 8.82. The number of hydrogen-bond acceptors (Lipinski definition) is 4. The van der Waals surface area contributed by atoms with Crippen LogP contribution in [0.3, 0.4) is 0 Å². The molecule has 0 aromatic carbocycles. The fourth-order valence-electron chi connectivity index (χ4n) is 1.25. The molecule has 0 bridgehead atoms. The van der Waals surface area contributed by atoms with Crippen LogP contribution in [-0.2, 0) is 0 Å². The lowest BCUT2D eigenvalue weighted by Gasteiger charge is -1.93. The molecule has 0 radical (unpaired) electrons. The van der Waals surface area contributed by atoms with Crippen molar-refractivity contribution in [3.63, 3.8) is 0 Å². The summed E-state index contributed by atoms with van der Waals surface area (Å²) in [5, 5.41) is 8.82. The van der Waals surface area contributed by atoms with Gasteiger partial charge in [0.05, 0.1) is 12.8 Å². The molecule has 5 heteroatoms. The number of aromatic nitrogens is 4. The SMILES string of the molecule is C/C(=C\C=C\n1cnc2cncnc21)CO. The molecule has 0 saturated heterocycles. The summed E-state index contributed by atoms with van der Waals surface area (Å²) in [6.45, 7) is 1.93. The topological polar surface area (TPSA) is 63.8 Å². The molecule has 0 aliphatic rings. The van der Waals surface area contributed by atoms with E-state index in [1.54, 1.807) is 17.1 Å². The number of nitrogens with zero attached hydrogens (tertiary/aromatic N) is 4. The van der Waals surface area contributed by atoms with Gasteiger partial charge >= 0.3 is 0 Å². The first kappa shape index (κ1) is 10.5. The minimum Gasteiger partial charge on any atom is -0.392 e. The van der Waals surface area contributed by atoms with Gasteiger partial charge in [-0.25, -0.2) is 15.0 Å². The van der Waals surface area contributed by atoms with Crippen molar-refractivity contribution in [2.75, 3.05) is 6.61 Å². The molecular weight excluding hydrogens is 204 g/mol. The van der Waals surface area contributed by atoms with E-state index in [4.69, 9.17) is 5.11 Å². The van der Waals surface area contributed by atoms with Gasteiger partial charge in [-0.15, -0.1) is 0 Å². The third kappa shape index (κ3) is 2.14. The molecular formula is C11H12N4O. The highest BCUT2D eigenvalue weighted by Gasteiger charge is 1.99. The largest absolute Gasteiger partial charge is 0.392 e. The van der Waals surface area contributed by atoms with Gasteiger partial charge in [-0.2, -0.15) is 0 Å². The lowest BCUT2D eigenvalue weighted by Crippen LogP contribution is -1.87. The summed E-state index contributed by atoms with van der Waals surface area (Å²) in [5.74, 6) is 0. The molecule has 2 heterocycles. The molecule has 0 fully saturated rings. The van der Waals surface area contributed by atoms with Gasteiger partial charge in [0.15, 0.2) is 5.65 Å². The van der Waals surface area contributed by atoms with Gasteiger partial charge in [0.1, 0.15) is 18.2 Å². The number of aliphatic hydroxyl groups excluding tert-OH is 1. The van der Waals surface area contributed by atoms with Gasteiger partial charge in [0.2, 0.25) is 0 Å². The van der Waals surface area contributed by atoms with Crippen molar-refractivity contribution in [1.29, 1.82) is 0 Å². The highest BCUT2D eigenvalue weighted by molar-refractivity contribution is 5.71. The van der Waals surface area contributed by atoms with Crippen molar-refractivity contribution in [3.8, 4) is 0 Å². The van der Waals surface area contributed by atoms with Gasteiger partial charge in [-0.1, -0.05) is 6.08 Å². The Bertz CT molecular complexity index is 542. The lowest BCUT2D eigenvalue weighted by atomic mass is 10.3. The summed E-state index contributed by atoms with van der Waals surface area (Å²) in [6, 6.07) is 0. The molecule has 16 heavy (non-hydrogen) atoms. The molecule has 82 valence electrons. The smallest absolute Gasteiger partial charge is 0.167 e. The number of rotatable bonds is 3. The molecule has 0 saturated carbocycles. The average molecular weight is 216 g/mol. The fourth-order valence-corrected chi connectivity index (χ4v) is 1.25. The van der Waals surface area contributed by atoms with Crippen LogP contribution in [0.2, 0.25) is 0 Å². The molecule has 0 unspecified atom stereocenters. The first-order valence-corrected chi connectivity index (χ1v) is 4.88. The summed E-state index contributed by atoms with van der Waals surface area (Å²) in [5.41, 5.74) is 2.42. The van der Waals surface area contributed by atoms with Crippen LogP contribution >= 0.6 is 0 Å². The normalized spacial score (nSPS) is 12.8. The van der Waals surface area contributed by atoms with Crippen molar-refractivity contribution in [1.82, 2.24) is 19.5 Å². The van der Waals surface area contributed by atoms with Crippen LogP contribution in [0.25, 0.3) is 17.4 Å². The number of hydrogen-bond donors (Lipinski definition) is 1. The van der Waals surface area contributed by atoms with E-state index >= 15 is 0 Å². The second-order valence-corrected chi connectivity index (χ2v) is 3.40. The Labute approximate surface area is 92.8 Å². The van der Waals surface area contributed by atoms with E-state index in [0.29, 0.717) is 0 Å². The Kier molecular flexibility index (Phi) is 3.07. The summed E-state index contributed by atoms with van der Waals surface area (Å²) < 4.78 is 1.80. The number of allylic oxidation sites excluding steroid dienone is 2. The van der Waals surface area contributed by atoms with Crippen LogP contribution in [0, 0.1) is 0 Å². The molecule has 1 N–H and O–H groups in total. The predicted molar refractivity (Wildman–Crippen MR) is 61.5 cm³/mol. The van der Waals surface area contributed by atoms with Gasteiger partial charge in [-0.05, 0) is 18.6 Å². The van der Waals surface area contributed by atoms with Crippen molar-refractivity contribution in [2.45, 2.75) is 6.92 Å². The van der Waals surface area contributed by atoms with E-state index in [0.717, 1.165) is 16.7 Å². The van der Waals surface area contributed by atoms with E-state index in [2.05, 4.69) is 15.0 Å². The summed E-state index contributed by atoms with van der Waals surface area (Å²) in [6.07, 6.45) is 10.4. The molecule has 0 spiro atoms. The molecule has 2 aromatic heterocycles. The Morgan fingerprint density at radius 1 is 1.50 bits per heavy atom. The highest BCUT2D eigenvalue weighted by atomic mass is 16.3. The minimum atomic E-state index is 0.0667. The maximum Gasteiger partial charge on any atom is 0.167 e. The molecule has 5 nitrogen and oxygen atoms in total. The molecule has 0 atom stereocenters. The van der Waals surface area contributed by atoms with Crippen molar-refractivity contribution < 1.29 is 5.11 Å². The highest BCUT2D eigenvalue weighted by Crippen LogP contribution is 2.07. The van der Waals surface area contributed by atoms with E-state index in [1.165, 1.54) is 6.33 Å². The lowest BCUT2D eigenvalue weighted by molar-refractivity contribution is 0.331. The second-order valence-electron chi connectivity index (χ2n) is 3.40. The standard InChI is InChI=1S/C11H12N4O/c1-9(6-16)3-2-4-15-8-14-10-5-12-7-13-11(10)15/h2-5,7-8,16H,6H2,1H3/b4-2+,9-3+. The Balaban J connectivity index is 2.28. The van der Waals surface area contributed by atoms with Gasteiger partial charge in [0, 0.05) is 6.20 Å². The zero-order chi connectivity index (χ0) is 11.4. The molecule has 2 aromatic rings. The van der Waals surface area contributed by atoms with Crippen molar-refractivity contribution in [2.24, 2.45) is 0 Å². The Morgan fingerprint density at radius 3 is 3.19 bits per heavy atom. The average Bonchev–Trinajstić information content (AvgIpc) is 2.73. The quantitative estimate of drug-likeness (QED) is 0.784. The number of imidazole rings is 1. The Hall–Kier alpha value is -2.01. The molecule has 0 amide bonds. The zero-order valence-corrected chi connectivity index (χ0v) is 8.91. The summed E-state index contributed by atoms with van der Waals surface area (Å²) >= 11 is 0. The van der Waals surface area contributed by atoms with Crippen LogP contribution in [0.1, 0.15) is 6.92 Å². The van der Waals surface area contributed by atoms with E-state index in [1.807, 2.05) is 25.3 Å². The van der Waals surface area contributed by atoms with Crippen LogP contribution in [-0.4, -0.2) is 31.2 Å². The molecule has 0 aliphatic heterocycles. The van der Waals surface area contributed by atoms with Crippen LogP contribution in [0.15, 0.2) is 36.6 Å². The third-order valence-electron chi connectivity index (χ3n) is 2.12. The van der Waals surface area contributed by atoms with E-state index < -0.39 is 0 Å². The number of fused-ring (bicyclic) bond motifs is 1. The summed E-state index contributed by atoms with van der Waals surface area (Å²) in [7, 11) is 0. The Morgan fingerprint density at radius 2 is 2.38 bits per heavy atom. The first-order chi connectivity index (χ1) is 7.81. The van der Waals surface area contributed by atoms with Gasteiger partial charge in [-0.3, -0.25) is 4.57 Å². The van der Waals surface area contributed by atoms with Crippen molar-refractivity contribution >= 4 is 17.4 Å². The third-order valence-corrected chi connectivity index (χ3v) is 2.12. The maximum absolute atomic E-state index is 8.82. The number of aliphatic hydroxyl groups is 1. The van der Waals surface area contributed by atoms with Crippen LogP contribution in [0.5, 0.6) is 0 Å². The predicted octanol–water partition coefficient (Wildman–Crippen LogP) is 1.24. The fraction of sp³-hybridized carbons (Fsp3) is 0.182. The van der Waals surface area contributed by atoms with Gasteiger partial charge < -0.3 is 5.11 Å². The van der Waals surface area contributed by atoms with Gasteiger partial charge in [0.25, 0.3) is 0 Å². The van der Waals surface area contributed by atoms with E-state index in [-0.39, 0.29) is 6.61 Å². The second kappa shape index (κ2) is 4.67. The zero-order valence-electron chi connectivity index (χ0n) is 8.91. The van der Waals surface area contributed by atoms with Crippen LogP contribution in [0.4, 0.5) is 0 Å². The first-order valence-electron chi connectivity index (χ1n) is 4.88. The molecule has 2 rings (SSSR count). The van der Waals surface area contributed by atoms with E-state index in [9.17, 15) is 0 Å². The monoisotopic (exact) mass is 216 g/mol.